The highest BCUT2D eigenvalue weighted by Gasteiger charge is 2.42. The van der Waals surface area contributed by atoms with E-state index < -0.39 is 28.7 Å². The highest BCUT2D eigenvalue weighted by atomic mass is 32.2. The summed E-state index contributed by atoms with van der Waals surface area (Å²) in [5.41, 5.74) is 0.992. The van der Waals surface area contributed by atoms with Crippen LogP contribution in [0.5, 0.6) is 0 Å². The summed E-state index contributed by atoms with van der Waals surface area (Å²) < 4.78 is 61.6. The van der Waals surface area contributed by atoms with E-state index in [9.17, 15) is 21.6 Å². The second-order valence-corrected chi connectivity index (χ2v) is 6.22. The van der Waals surface area contributed by atoms with Gasteiger partial charge in [0.1, 0.15) is 0 Å². The number of hydrogen-bond donors (Lipinski definition) is 0. The summed E-state index contributed by atoms with van der Waals surface area (Å²) in [6, 6.07) is 5.43. The third kappa shape index (κ3) is 2.60. The number of sulfonamides is 1. The van der Waals surface area contributed by atoms with Crippen molar-refractivity contribution in [1.82, 2.24) is 0 Å². The molecule has 18 heavy (non-hydrogen) atoms. The third-order valence-electron chi connectivity index (χ3n) is 2.84. The van der Waals surface area contributed by atoms with E-state index in [0.717, 1.165) is 10.6 Å². The molecule has 1 atom stereocenters. The maximum atomic E-state index is 12.5. The second-order valence-electron chi connectivity index (χ2n) is 4.36. The molecule has 0 N–H and O–H groups in total. The third-order valence-corrected chi connectivity index (χ3v) is 4.05. The molecular formula is C11H12F3NO2S. The molecule has 100 valence electrons. The zero-order chi connectivity index (χ0) is 13.6. The fraction of sp³-hybridized carbons (Fsp3) is 0.455. The van der Waals surface area contributed by atoms with Gasteiger partial charge < -0.3 is 0 Å². The summed E-state index contributed by atoms with van der Waals surface area (Å²) in [5, 5.41) is 0. The monoisotopic (exact) mass is 279 g/mol. The van der Waals surface area contributed by atoms with Crippen LogP contribution >= 0.6 is 0 Å². The Morgan fingerprint density at radius 1 is 1.33 bits per heavy atom. The molecule has 0 fully saturated rings. The Morgan fingerprint density at radius 3 is 2.50 bits per heavy atom. The Labute approximate surface area is 103 Å². The first kappa shape index (κ1) is 13.2. The van der Waals surface area contributed by atoms with Gasteiger partial charge in [-0.2, -0.15) is 13.2 Å². The zero-order valence-corrected chi connectivity index (χ0v) is 10.4. The average Bonchev–Trinajstić information content (AvgIpc) is 2.50. The maximum absolute atomic E-state index is 12.5. The van der Waals surface area contributed by atoms with Crippen molar-refractivity contribution in [2.24, 2.45) is 0 Å². The van der Waals surface area contributed by atoms with Gasteiger partial charge in [-0.05, 0) is 18.1 Å². The Morgan fingerprint density at radius 2 is 1.94 bits per heavy atom. The molecule has 0 aromatic heterocycles. The predicted octanol–water partition coefficient (Wildman–Crippen LogP) is 2.33. The smallest absolute Gasteiger partial charge is 0.266 e. The fourth-order valence-corrected chi connectivity index (χ4v) is 3.53. The summed E-state index contributed by atoms with van der Waals surface area (Å²) >= 11 is 0. The van der Waals surface area contributed by atoms with Crippen molar-refractivity contribution in [3.8, 4) is 0 Å². The van der Waals surface area contributed by atoms with E-state index >= 15 is 0 Å². The first-order valence-corrected chi connectivity index (χ1v) is 7.17. The topological polar surface area (TPSA) is 37.4 Å². The standard InChI is InChI=1S/C11H12F3NO2S/c1-18(16,17)15-9(7-11(12,13)14)6-8-4-2-3-5-10(8)15/h2-5,9H,6-7H2,1H3. The van der Waals surface area contributed by atoms with Gasteiger partial charge in [-0.3, -0.25) is 4.31 Å². The molecule has 1 aliphatic rings. The van der Waals surface area contributed by atoms with E-state index in [1.165, 1.54) is 6.07 Å². The number of nitrogens with zero attached hydrogens (tertiary/aromatic N) is 1. The Balaban J connectivity index is 2.41. The molecule has 0 saturated carbocycles. The van der Waals surface area contributed by atoms with E-state index in [0.29, 0.717) is 11.3 Å². The molecule has 0 bridgehead atoms. The Kier molecular flexibility index (Phi) is 3.04. The van der Waals surface area contributed by atoms with Crippen LogP contribution in [-0.2, 0) is 16.4 Å². The zero-order valence-electron chi connectivity index (χ0n) is 9.61. The van der Waals surface area contributed by atoms with Gasteiger partial charge >= 0.3 is 6.18 Å². The summed E-state index contributed by atoms with van der Waals surface area (Å²) in [5.74, 6) is 0. The highest BCUT2D eigenvalue weighted by molar-refractivity contribution is 7.92. The van der Waals surface area contributed by atoms with Crippen LogP contribution in [0.25, 0.3) is 0 Å². The largest absolute Gasteiger partial charge is 0.391 e. The van der Waals surface area contributed by atoms with Crippen LogP contribution in [0.3, 0.4) is 0 Å². The fourth-order valence-electron chi connectivity index (χ4n) is 2.30. The van der Waals surface area contributed by atoms with Gasteiger partial charge in [0.2, 0.25) is 10.0 Å². The summed E-state index contributed by atoms with van der Waals surface area (Å²) in [4.78, 5) is 0. The molecule has 0 saturated heterocycles. The number of benzene rings is 1. The van der Waals surface area contributed by atoms with Gasteiger partial charge in [0.05, 0.1) is 24.4 Å². The van der Waals surface area contributed by atoms with Crippen LogP contribution in [0.2, 0.25) is 0 Å². The van der Waals surface area contributed by atoms with Crippen molar-refractivity contribution < 1.29 is 21.6 Å². The van der Waals surface area contributed by atoms with Gasteiger partial charge in [-0.1, -0.05) is 18.2 Å². The van der Waals surface area contributed by atoms with E-state index in [2.05, 4.69) is 0 Å². The average molecular weight is 279 g/mol. The lowest BCUT2D eigenvalue weighted by molar-refractivity contribution is -0.137. The number of rotatable bonds is 2. The minimum absolute atomic E-state index is 0.1000. The molecule has 0 amide bonds. The number of para-hydroxylation sites is 1. The van der Waals surface area contributed by atoms with Crippen molar-refractivity contribution in [3.63, 3.8) is 0 Å². The minimum Gasteiger partial charge on any atom is -0.266 e. The molecule has 2 rings (SSSR count). The van der Waals surface area contributed by atoms with Crippen LogP contribution in [0.4, 0.5) is 18.9 Å². The number of anilines is 1. The molecule has 0 aliphatic carbocycles. The molecule has 1 aromatic rings. The Bertz CT molecular complexity index is 554. The van der Waals surface area contributed by atoms with E-state index in [4.69, 9.17) is 0 Å². The summed E-state index contributed by atoms with van der Waals surface area (Å²) in [6.07, 6.45) is -4.48. The van der Waals surface area contributed by atoms with Gasteiger partial charge in [0.15, 0.2) is 0 Å². The van der Waals surface area contributed by atoms with Gasteiger partial charge in [-0.25, -0.2) is 8.42 Å². The van der Waals surface area contributed by atoms with Crippen LogP contribution in [0.1, 0.15) is 12.0 Å². The molecule has 7 heteroatoms. The minimum atomic E-state index is -4.38. The van der Waals surface area contributed by atoms with E-state index in [-0.39, 0.29) is 6.42 Å². The molecular weight excluding hydrogens is 267 g/mol. The first-order chi connectivity index (χ1) is 8.18. The van der Waals surface area contributed by atoms with Gasteiger partial charge in [-0.15, -0.1) is 0 Å². The van der Waals surface area contributed by atoms with E-state index in [1.807, 2.05) is 0 Å². The summed E-state index contributed by atoms with van der Waals surface area (Å²) in [6.45, 7) is 0. The van der Waals surface area contributed by atoms with Crippen molar-refractivity contribution in [2.45, 2.75) is 25.1 Å². The lowest BCUT2D eigenvalue weighted by Gasteiger charge is -2.25. The first-order valence-electron chi connectivity index (χ1n) is 5.32. The number of halogens is 3. The van der Waals surface area contributed by atoms with Crippen LogP contribution in [0.15, 0.2) is 24.3 Å². The number of alkyl halides is 3. The second kappa shape index (κ2) is 4.15. The lowest BCUT2D eigenvalue weighted by atomic mass is 10.1. The maximum Gasteiger partial charge on any atom is 0.391 e. The van der Waals surface area contributed by atoms with Crippen LogP contribution < -0.4 is 4.31 Å². The van der Waals surface area contributed by atoms with Crippen LogP contribution in [-0.4, -0.2) is 26.9 Å². The molecule has 1 aliphatic heterocycles. The highest BCUT2D eigenvalue weighted by Crippen LogP contribution is 2.38. The molecule has 1 aromatic carbocycles. The van der Waals surface area contributed by atoms with Crippen LogP contribution in [0, 0.1) is 0 Å². The van der Waals surface area contributed by atoms with Crippen molar-refractivity contribution in [3.05, 3.63) is 29.8 Å². The van der Waals surface area contributed by atoms with E-state index in [1.54, 1.807) is 18.2 Å². The van der Waals surface area contributed by atoms with Crippen molar-refractivity contribution in [2.75, 3.05) is 10.6 Å². The molecule has 1 unspecified atom stereocenters. The molecule has 0 spiro atoms. The normalized spacial score (nSPS) is 20.0. The molecule has 0 radical (unpaired) electrons. The van der Waals surface area contributed by atoms with Crippen molar-refractivity contribution >= 4 is 15.7 Å². The number of fused-ring (bicyclic) bond motifs is 1. The summed E-state index contributed by atoms with van der Waals surface area (Å²) in [7, 11) is -3.70. The number of hydrogen-bond acceptors (Lipinski definition) is 2. The van der Waals surface area contributed by atoms with Gasteiger partial charge in [0, 0.05) is 0 Å². The molecule has 3 nitrogen and oxygen atoms in total. The predicted molar refractivity (Wildman–Crippen MR) is 61.9 cm³/mol. The quantitative estimate of drug-likeness (QED) is 0.833. The lowest BCUT2D eigenvalue weighted by Crippen LogP contribution is -2.39. The van der Waals surface area contributed by atoms with Crippen molar-refractivity contribution in [1.29, 1.82) is 0 Å². The van der Waals surface area contributed by atoms with Gasteiger partial charge in [0.25, 0.3) is 0 Å². The molecule has 1 heterocycles. The Hall–Kier alpha value is -1.24. The SMILES string of the molecule is CS(=O)(=O)N1c2ccccc2CC1CC(F)(F)F.